The van der Waals surface area contributed by atoms with Crippen LogP contribution in [0.1, 0.15) is 60.3 Å². The number of pyridine rings is 1. The average molecular weight is 529 g/mol. The van der Waals surface area contributed by atoms with E-state index in [2.05, 4.69) is 4.98 Å². The number of ketones is 1. The minimum atomic E-state index is -0.922. The third-order valence-corrected chi connectivity index (χ3v) is 6.28. The lowest BCUT2D eigenvalue weighted by atomic mass is 9.95. The molecule has 1 atom stereocenters. The molecule has 1 N–H and O–H groups in total. The fourth-order valence-corrected chi connectivity index (χ4v) is 4.36. The number of amides is 1. The van der Waals surface area contributed by atoms with Gasteiger partial charge in [0.1, 0.15) is 11.5 Å². The van der Waals surface area contributed by atoms with Gasteiger partial charge in [0.05, 0.1) is 30.4 Å². The molecule has 1 unspecified atom stereocenters. The van der Waals surface area contributed by atoms with Crippen LogP contribution in [-0.4, -0.2) is 41.0 Å². The largest absolute Gasteiger partial charge is 0.507 e. The SMILES string of the molecule is CCCOc1ccc(/C(O)=C2/C(=O)C(=O)N(c3ccc(C(=O)OCC(C)C)cc3)C2c2cccnc2)cc1C. The summed E-state index contributed by atoms with van der Waals surface area (Å²) in [7, 11) is 0. The molecule has 1 aliphatic rings. The summed E-state index contributed by atoms with van der Waals surface area (Å²) in [5, 5.41) is 11.4. The second kappa shape index (κ2) is 11.9. The van der Waals surface area contributed by atoms with Gasteiger partial charge in [-0.1, -0.05) is 26.8 Å². The number of benzene rings is 2. The Balaban J connectivity index is 1.76. The van der Waals surface area contributed by atoms with Crippen LogP contribution in [0.4, 0.5) is 5.69 Å². The molecule has 1 saturated heterocycles. The first-order chi connectivity index (χ1) is 18.7. The highest BCUT2D eigenvalue weighted by Crippen LogP contribution is 2.42. The summed E-state index contributed by atoms with van der Waals surface area (Å²) in [6, 6.07) is 13.9. The van der Waals surface area contributed by atoms with Gasteiger partial charge in [-0.25, -0.2) is 4.79 Å². The van der Waals surface area contributed by atoms with Crippen molar-refractivity contribution in [1.29, 1.82) is 0 Å². The number of esters is 1. The molecule has 1 aliphatic heterocycles. The monoisotopic (exact) mass is 528 g/mol. The fourth-order valence-electron chi connectivity index (χ4n) is 4.36. The smallest absolute Gasteiger partial charge is 0.338 e. The van der Waals surface area contributed by atoms with Crippen LogP contribution < -0.4 is 9.64 Å². The molecule has 1 amide bonds. The molecule has 8 nitrogen and oxygen atoms in total. The molecular formula is C31H32N2O6. The molecular weight excluding hydrogens is 496 g/mol. The third kappa shape index (κ3) is 5.85. The predicted molar refractivity (Wildman–Crippen MR) is 148 cm³/mol. The van der Waals surface area contributed by atoms with Gasteiger partial charge in [0.2, 0.25) is 0 Å². The number of carbonyl (C=O) groups excluding carboxylic acids is 3. The van der Waals surface area contributed by atoms with Gasteiger partial charge >= 0.3 is 5.97 Å². The Morgan fingerprint density at radius 3 is 2.41 bits per heavy atom. The molecule has 4 rings (SSSR count). The van der Waals surface area contributed by atoms with Crippen LogP contribution in [0.5, 0.6) is 5.75 Å². The van der Waals surface area contributed by atoms with E-state index in [1.807, 2.05) is 27.7 Å². The lowest BCUT2D eigenvalue weighted by Gasteiger charge is -2.25. The van der Waals surface area contributed by atoms with Gasteiger partial charge in [-0.05, 0) is 78.9 Å². The normalized spacial score (nSPS) is 16.5. The van der Waals surface area contributed by atoms with Gasteiger partial charge in [-0.3, -0.25) is 19.5 Å². The summed E-state index contributed by atoms with van der Waals surface area (Å²) < 4.78 is 11.0. The summed E-state index contributed by atoms with van der Waals surface area (Å²) >= 11 is 0. The van der Waals surface area contributed by atoms with Gasteiger partial charge in [0, 0.05) is 23.6 Å². The average Bonchev–Trinajstić information content (AvgIpc) is 3.21. The first kappa shape index (κ1) is 27.6. The van der Waals surface area contributed by atoms with Crippen LogP contribution in [0, 0.1) is 12.8 Å². The van der Waals surface area contributed by atoms with Crippen LogP contribution in [0.15, 0.2) is 72.6 Å². The molecule has 39 heavy (non-hydrogen) atoms. The molecule has 202 valence electrons. The van der Waals surface area contributed by atoms with Crippen molar-refractivity contribution in [2.24, 2.45) is 5.92 Å². The Bertz CT molecular complexity index is 1400. The number of aryl methyl sites for hydroxylation is 1. The Morgan fingerprint density at radius 2 is 1.79 bits per heavy atom. The maximum atomic E-state index is 13.4. The molecule has 1 fully saturated rings. The van der Waals surface area contributed by atoms with Crippen molar-refractivity contribution in [3.63, 3.8) is 0 Å². The zero-order valence-corrected chi connectivity index (χ0v) is 22.5. The van der Waals surface area contributed by atoms with Crippen molar-refractivity contribution >= 4 is 29.1 Å². The van der Waals surface area contributed by atoms with Crippen molar-refractivity contribution in [2.75, 3.05) is 18.1 Å². The van der Waals surface area contributed by atoms with E-state index in [-0.39, 0.29) is 17.3 Å². The number of carbonyl (C=O) groups is 3. The summed E-state index contributed by atoms with van der Waals surface area (Å²) in [5.41, 5.74) is 2.42. The Hall–Kier alpha value is -4.46. The molecule has 0 aliphatic carbocycles. The van der Waals surface area contributed by atoms with Gasteiger partial charge in [-0.15, -0.1) is 0 Å². The minimum absolute atomic E-state index is 0.0463. The number of aliphatic hydroxyl groups excluding tert-OH is 1. The molecule has 2 heterocycles. The van der Waals surface area contributed by atoms with E-state index in [9.17, 15) is 19.5 Å². The lowest BCUT2D eigenvalue weighted by Crippen LogP contribution is -2.29. The van der Waals surface area contributed by atoms with E-state index < -0.39 is 23.7 Å². The second-order valence-electron chi connectivity index (χ2n) is 9.82. The van der Waals surface area contributed by atoms with E-state index in [1.54, 1.807) is 67.0 Å². The van der Waals surface area contributed by atoms with E-state index in [4.69, 9.17) is 9.47 Å². The second-order valence-corrected chi connectivity index (χ2v) is 9.82. The van der Waals surface area contributed by atoms with Crippen LogP contribution in [0.2, 0.25) is 0 Å². The number of Topliss-reactive ketones (excluding diaryl/α,β-unsaturated/α-hetero) is 1. The topological polar surface area (TPSA) is 106 Å². The van der Waals surface area contributed by atoms with Crippen LogP contribution in [-0.2, 0) is 14.3 Å². The third-order valence-electron chi connectivity index (χ3n) is 6.28. The molecule has 0 spiro atoms. The van der Waals surface area contributed by atoms with Gasteiger partial charge in [0.25, 0.3) is 11.7 Å². The summed E-state index contributed by atoms with van der Waals surface area (Å²) in [4.78, 5) is 44.6. The quantitative estimate of drug-likeness (QED) is 0.166. The number of nitrogens with zero attached hydrogens (tertiary/aromatic N) is 2. The first-order valence-corrected chi connectivity index (χ1v) is 12.9. The maximum absolute atomic E-state index is 13.4. The summed E-state index contributed by atoms with van der Waals surface area (Å²) in [6.45, 7) is 8.61. The van der Waals surface area contributed by atoms with E-state index >= 15 is 0 Å². The number of anilines is 1. The Kier molecular flexibility index (Phi) is 8.44. The fraction of sp³-hybridized carbons (Fsp3) is 0.290. The van der Waals surface area contributed by atoms with Crippen molar-refractivity contribution in [3.8, 4) is 5.75 Å². The minimum Gasteiger partial charge on any atom is -0.507 e. The summed E-state index contributed by atoms with van der Waals surface area (Å²) in [5.74, 6) is -1.48. The molecule has 3 aromatic rings. The highest BCUT2D eigenvalue weighted by atomic mass is 16.5. The number of aromatic nitrogens is 1. The summed E-state index contributed by atoms with van der Waals surface area (Å²) in [6.07, 6.45) is 4.00. The lowest BCUT2D eigenvalue weighted by molar-refractivity contribution is -0.132. The number of ether oxygens (including phenoxy) is 2. The molecule has 0 saturated carbocycles. The van der Waals surface area contributed by atoms with Crippen LogP contribution in [0.3, 0.4) is 0 Å². The highest BCUT2D eigenvalue weighted by molar-refractivity contribution is 6.51. The van der Waals surface area contributed by atoms with Crippen molar-refractivity contribution in [2.45, 2.75) is 40.2 Å². The molecule has 0 radical (unpaired) electrons. The van der Waals surface area contributed by atoms with Crippen molar-refractivity contribution in [1.82, 2.24) is 4.98 Å². The molecule has 8 heteroatoms. The molecule has 0 bridgehead atoms. The van der Waals surface area contributed by atoms with E-state index in [0.717, 1.165) is 12.0 Å². The highest BCUT2D eigenvalue weighted by Gasteiger charge is 2.47. The van der Waals surface area contributed by atoms with Gasteiger partial charge < -0.3 is 14.6 Å². The maximum Gasteiger partial charge on any atom is 0.338 e. The van der Waals surface area contributed by atoms with E-state index in [1.165, 1.54) is 4.90 Å². The predicted octanol–water partition coefficient (Wildman–Crippen LogP) is 5.62. The first-order valence-electron chi connectivity index (χ1n) is 12.9. The standard InChI is InChI=1S/C31H32N2O6/c1-5-15-38-25-13-10-22(16-20(25)4)28(34)26-27(23-7-6-14-32-17-23)33(30(36)29(26)35)24-11-8-21(9-12-24)31(37)39-18-19(2)3/h6-14,16-17,19,27,34H,5,15,18H2,1-4H3/b28-26-. The molecule has 2 aromatic carbocycles. The van der Waals surface area contributed by atoms with Crippen LogP contribution >= 0.6 is 0 Å². The van der Waals surface area contributed by atoms with Gasteiger partial charge in [0.15, 0.2) is 0 Å². The van der Waals surface area contributed by atoms with Crippen molar-refractivity contribution < 1.29 is 29.0 Å². The number of aliphatic hydroxyl groups is 1. The van der Waals surface area contributed by atoms with Crippen LogP contribution in [0.25, 0.3) is 5.76 Å². The number of hydrogen-bond donors (Lipinski definition) is 1. The Morgan fingerprint density at radius 1 is 1.08 bits per heavy atom. The zero-order valence-electron chi connectivity index (χ0n) is 22.5. The Labute approximate surface area is 227 Å². The van der Waals surface area contributed by atoms with Gasteiger partial charge in [-0.2, -0.15) is 0 Å². The van der Waals surface area contributed by atoms with Crippen molar-refractivity contribution in [3.05, 3.63) is 94.8 Å². The number of hydrogen-bond acceptors (Lipinski definition) is 7. The van der Waals surface area contributed by atoms with E-state index in [0.29, 0.717) is 41.3 Å². The zero-order chi connectivity index (χ0) is 28.1. The number of rotatable bonds is 9. The molecule has 1 aromatic heterocycles.